The van der Waals surface area contributed by atoms with Gasteiger partial charge in [-0.1, -0.05) is 13.8 Å². The molecule has 4 heteroatoms. The molecule has 0 unspecified atom stereocenters. The van der Waals surface area contributed by atoms with Crippen molar-refractivity contribution < 1.29 is 0 Å². The van der Waals surface area contributed by atoms with E-state index in [1.165, 1.54) is 6.42 Å². The maximum atomic E-state index is 8.76. The van der Waals surface area contributed by atoms with Crippen LogP contribution in [-0.2, 0) is 0 Å². The summed E-state index contributed by atoms with van der Waals surface area (Å²) in [5, 5.41) is 12.1. The molecule has 0 saturated carbocycles. The Balaban J connectivity index is 2.46. The lowest BCUT2D eigenvalue weighted by atomic mass is 10.2. The summed E-state index contributed by atoms with van der Waals surface area (Å²) in [4.78, 5) is 2.40. The van der Waals surface area contributed by atoms with Crippen molar-refractivity contribution in [1.29, 1.82) is 5.26 Å². The lowest BCUT2D eigenvalue weighted by Gasteiger charge is -2.20. The zero-order valence-electron chi connectivity index (χ0n) is 11.2. The molecular weight excluding hydrogens is 224 g/mol. The third-order valence-electron chi connectivity index (χ3n) is 2.91. The average molecular weight is 246 g/mol. The van der Waals surface area contributed by atoms with E-state index in [0.29, 0.717) is 11.3 Å². The molecule has 0 radical (unpaired) electrons. The minimum absolute atomic E-state index is 0.596. The predicted molar refractivity (Wildman–Crippen MR) is 76.5 cm³/mol. The third kappa shape index (κ3) is 4.27. The lowest BCUT2D eigenvalue weighted by molar-refractivity contribution is 0.300. The number of nitrogens with one attached hydrogen (secondary N) is 1. The van der Waals surface area contributed by atoms with Crippen LogP contribution >= 0.6 is 0 Å². The Bertz CT molecular complexity index is 409. The van der Waals surface area contributed by atoms with Crippen LogP contribution in [0, 0.1) is 11.3 Å². The summed E-state index contributed by atoms with van der Waals surface area (Å²) in [5.41, 5.74) is 8.01. The molecule has 1 aromatic rings. The summed E-state index contributed by atoms with van der Waals surface area (Å²) in [7, 11) is 0. The van der Waals surface area contributed by atoms with Gasteiger partial charge < -0.3 is 16.0 Å². The SMILES string of the molecule is CCCN(CC)CCNc1ccc(C#N)cc1N. The highest BCUT2D eigenvalue weighted by Crippen LogP contribution is 2.19. The normalized spacial score (nSPS) is 10.3. The average Bonchev–Trinajstić information content (AvgIpc) is 2.39. The fourth-order valence-corrected chi connectivity index (χ4v) is 1.89. The predicted octanol–water partition coefficient (Wildman–Crippen LogP) is 2.28. The van der Waals surface area contributed by atoms with Gasteiger partial charge in [-0.15, -0.1) is 0 Å². The molecule has 18 heavy (non-hydrogen) atoms. The first-order valence-electron chi connectivity index (χ1n) is 6.47. The van der Waals surface area contributed by atoms with Crippen molar-refractivity contribution in [2.75, 3.05) is 37.2 Å². The first-order valence-corrected chi connectivity index (χ1v) is 6.47. The van der Waals surface area contributed by atoms with Gasteiger partial charge in [0.25, 0.3) is 0 Å². The van der Waals surface area contributed by atoms with Crippen LogP contribution in [0.4, 0.5) is 11.4 Å². The Morgan fingerprint density at radius 1 is 1.33 bits per heavy atom. The van der Waals surface area contributed by atoms with Gasteiger partial charge in [0.05, 0.1) is 23.0 Å². The molecule has 0 aromatic heterocycles. The van der Waals surface area contributed by atoms with Gasteiger partial charge in [0.2, 0.25) is 0 Å². The Morgan fingerprint density at radius 3 is 2.67 bits per heavy atom. The highest BCUT2D eigenvalue weighted by Gasteiger charge is 2.02. The number of rotatable bonds is 7. The number of hydrogen-bond acceptors (Lipinski definition) is 4. The Morgan fingerprint density at radius 2 is 2.11 bits per heavy atom. The highest BCUT2D eigenvalue weighted by atomic mass is 15.1. The minimum Gasteiger partial charge on any atom is -0.397 e. The third-order valence-corrected chi connectivity index (χ3v) is 2.91. The van der Waals surface area contributed by atoms with E-state index in [1.54, 1.807) is 12.1 Å². The molecule has 98 valence electrons. The van der Waals surface area contributed by atoms with Gasteiger partial charge in [-0.3, -0.25) is 0 Å². The second kappa shape index (κ2) is 7.57. The van der Waals surface area contributed by atoms with Gasteiger partial charge in [-0.25, -0.2) is 0 Å². The Labute approximate surface area is 109 Å². The van der Waals surface area contributed by atoms with Gasteiger partial charge in [0, 0.05) is 13.1 Å². The van der Waals surface area contributed by atoms with Crippen LogP contribution in [0.25, 0.3) is 0 Å². The van der Waals surface area contributed by atoms with Crippen molar-refractivity contribution >= 4 is 11.4 Å². The van der Waals surface area contributed by atoms with Crippen LogP contribution < -0.4 is 11.1 Å². The molecule has 4 nitrogen and oxygen atoms in total. The molecule has 0 aliphatic carbocycles. The minimum atomic E-state index is 0.596. The van der Waals surface area contributed by atoms with E-state index >= 15 is 0 Å². The molecule has 1 aromatic carbocycles. The van der Waals surface area contributed by atoms with Crippen LogP contribution in [-0.4, -0.2) is 31.1 Å². The van der Waals surface area contributed by atoms with E-state index in [-0.39, 0.29) is 0 Å². The van der Waals surface area contributed by atoms with Gasteiger partial charge in [-0.05, 0) is 37.7 Å². The number of likely N-dealkylation sites (N-methyl/N-ethyl adjacent to an activating group) is 1. The van der Waals surface area contributed by atoms with Crippen LogP contribution in [0.15, 0.2) is 18.2 Å². The summed E-state index contributed by atoms with van der Waals surface area (Å²) in [5.74, 6) is 0. The Hall–Kier alpha value is -1.73. The smallest absolute Gasteiger partial charge is 0.0992 e. The number of anilines is 2. The van der Waals surface area contributed by atoms with Gasteiger partial charge in [-0.2, -0.15) is 5.26 Å². The molecular formula is C14H22N4. The largest absolute Gasteiger partial charge is 0.397 e. The van der Waals surface area contributed by atoms with E-state index in [1.807, 2.05) is 6.07 Å². The van der Waals surface area contributed by atoms with Crippen molar-refractivity contribution in [2.24, 2.45) is 0 Å². The summed E-state index contributed by atoms with van der Waals surface area (Å²) < 4.78 is 0. The highest BCUT2D eigenvalue weighted by molar-refractivity contribution is 5.68. The van der Waals surface area contributed by atoms with E-state index in [0.717, 1.165) is 31.9 Å². The topological polar surface area (TPSA) is 65.1 Å². The van der Waals surface area contributed by atoms with E-state index in [2.05, 4.69) is 30.1 Å². The van der Waals surface area contributed by atoms with Crippen molar-refractivity contribution in [3.63, 3.8) is 0 Å². The van der Waals surface area contributed by atoms with Crippen molar-refractivity contribution in [2.45, 2.75) is 20.3 Å². The van der Waals surface area contributed by atoms with Crippen molar-refractivity contribution in [3.05, 3.63) is 23.8 Å². The van der Waals surface area contributed by atoms with E-state index in [9.17, 15) is 0 Å². The van der Waals surface area contributed by atoms with Crippen molar-refractivity contribution in [3.8, 4) is 6.07 Å². The molecule has 1 rings (SSSR count). The van der Waals surface area contributed by atoms with Gasteiger partial charge in [0.15, 0.2) is 0 Å². The summed E-state index contributed by atoms with van der Waals surface area (Å²) in [6, 6.07) is 7.42. The standard InChI is InChI=1S/C14H22N4/c1-3-8-18(4-2)9-7-17-14-6-5-12(11-15)10-13(14)16/h5-6,10,17H,3-4,7-9,16H2,1-2H3. The summed E-state index contributed by atoms with van der Waals surface area (Å²) in [6.07, 6.45) is 1.17. The van der Waals surface area contributed by atoms with E-state index in [4.69, 9.17) is 11.0 Å². The maximum Gasteiger partial charge on any atom is 0.0992 e. The van der Waals surface area contributed by atoms with Gasteiger partial charge in [0.1, 0.15) is 0 Å². The first-order chi connectivity index (χ1) is 8.71. The molecule has 0 aliphatic heterocycles. The zero-order valence-corrected chi connectivity index (χ0v) is 11.2. The van der Waals surface area contributed by atoms with Crippen LogP contribution in [0.5, 0.6) is 0 Å². The maximum absolute atomic E-state index is 8.76. The number of nitrogens with zero attached hydrogens (tertiary/aromatic N) is 2. The number of benzene rings is 1. The molecule has 0 spiro atoms. The quantitative estimate of drug-likeness (QED) is 0.724. The second-order valence-electron chi connectivity index (χ2n) is 4.27. The van der Waals surface area contributed by atoms with Gasteiger partial charge >= 0.3 is 0 Å². The molecule has 0 aliphatic rings. The number of nitriles is 1. The van der Waals surface area contributed by atoms with Crippen molar-refractivity contribution in [1.82, 2.24) is 4.90 Å². The zero-order chi connectivity index (χ0) is 13.4. The van der Waals surface area contributed by atoms with Crippen LogP contribution in [0.3, 0.4) is 0 Å². The summed E-state index contributed by atoms with van der Waals surface area (Å²) >= 11 is 0. The first kappa shape index (κ1) is 14.3. The fourth-order valence-electron chi connectivity index (χ4n) is 1.89. The molecule has 0 bridgehead atoms. The molecule has 0 atom stereocenters. The second-order valence-corrected chi connectivity index (χ2v) is 4.27. The molecule has 3 N–H and O–H groups in total. The molecule has 0 saturated heterocycles. The number of hydrogen-bond donors (Lipinski definition) is 2. The van der Waals surface area contributed by atoms with Crippen LogP contribution in [0.2, 0.25) is 0 Å². The Kier molecular flexibility index (Phi) is 6.03. The number of nitrogen functional groups attached to an aromatic ring is 1. The van der Waals surface area contributed by atoms with E-state index < -0.39 is 0 Å². The van der Waals surface area contributed by atoms with Crippen LogP contribution in [0.1, 0.15) is 25.8 Å². The molecule has 0 fully saturated rings. The summed E-state index contributed by atoms with van der Waals surface area (Å²) in [6.45, 7) is 8.42. The molecule has 0 heterocycles. The fraction of sp³-hybridized carbons (Fsp3) is 0.500. The molecule has 0 amide bonds. The monoisotopic (exact) mass is 246 g/mol. The number of nitrogens with two attached hydrogens (primary N) is 1. The lowest BCUT2D eigenvalue weighted by Crippen LogP contribution is -2.29.